The number of thioether (sulfide) groups is 1. The highest BCUT2D eigenvalue weighted by Crippen LogP contribution is 2.25. The molecule has 0 aromatic heterocycles. The molecule has 0 atom stereocenters. The number of amides is 2. The topological polar surface area (TPSA) is 58.2 Å². The third kappa shape index (κ3) is 6.28. The first kappa shape index (κ1) is 18.4. The van der Waals surface area contributed by atoms with Gasteiger partial charge in [0.25, 0.3) is 0 Å². The van der Waals surface area contributed by atoms with Crippen molar-refractivity contribution in [1.29, 1.82) is 0 Å². The zero-order valence-corrected chi connectivity index (χ0v) is 14.8. The number of hydrogen-bond donors (Lipinski definition) is 2. The molecule has 2 aromatic carbocycles. The zero-order valence-electron chi connectivity index (χ0n) is 12.5. The number of rotatable bonds is 6. The Balaban J connectivity index is 1.76. The van der Waals surface area contributed by atoms with Gasteiger partial charge in [0.05, 0.1) is 17.3 Å². The van der Waals surface area contributed by atoms with Crippen LogP contribution < -0.4 is 10.6 Å². The fourth-order valence-corrected chi connectivity index (χ4v) is 2.69. The van der Waals surface area contributed by atoms with Crippen molar-refractivity contribution in [2.75, 3.05) is 11.9 Å². The number of carbonyl (C=O) groups excluding carboxylic acids is 2. The largest absolute Gasteiger partial charge is 0.343 e. The molecule has 0 saturated heterocycles. The SMILES string of the molecule is O=C(/C=C/Sc1ccccc1)NCC(=O)Nc1cc(Cl)ccc1Cl. The highest BCUT2D eigenvalue weighted by Gasteiger charge is 2.07. The molecule has 0 saturated carbocycles. The van der Waals surface area contributed by atoms with Gasteiger partial charge in [-0.1, -0.05) is 53.2 Å². The molecule has 2 aromatic rings. The van der Waals surface area contributed by atoms with Crippen molar-refractivity contribution in [1.82, 2.24) is 5.32 Å². The van der Waals surface area contributed by atoms with Gasteiger partial charge in [-0.15, -0.1) is 0 Å². The maximum atomic E-state index is 11.8. The van der Waals surface area contributed by atoms with E-state index < -0.39 is 5.91 Å². The van der Waals surface area contributed by atoms with Crippen LogP contribution in [0.25, 0.3) is 0 Å². The van der Waals surface area contributed by atoms with Crippen molar-refractivity contribution in [3.05, 3.63) is 70.1 Å². The summed E-state index contributed by atoms with van der Waals surface area (Å²) in [7, 11) is 0. The summed E-state index contributed by atoms with van der Waals surface area (Å²) < 4.78 is 0. The lowest BCUT2D eigenvalue weighted by Crippen LogP contribution is -2.31. The lowest BCUT2D eigenvalue weighted by Gasteiger charge is -2.07. The van der Waals surface area contributed by atoms with Crippen LogP contribution in [0.4, 0.5) is 5.69 Å². The molecule has 0 aliphatic heterocycles. The molecule has 24 heavy (non-hydrogen) atoms. The van der Waals surface area contributed by atoms with Gasteiger partial charge in [0.15, 0.2) is 0 Å². The van der Waals surface area contributed by atoms with Crippen molar-refractivity contribution < 1.29 is 9.59 Å². The van der Waals surface area contributed by atoms with Crippen LogP contribution in [0.15, 0.2) is 64.9 Å². The van der Waals surface area contributed by atoms with Crippen molar-refractivity contribution in [2.45, 2.75) is 4.90 Å². The Morgan fingerprint density at radius 1 is 1.08 bits per heavy atom. The Bertz CT molecular complexity index is 752. The fourth-order valence-electron chi connectivity index (χ4n) is 1.69. The van der Waals surface area contributed by atoms with Crippen molar-refractivity contribution in [2.24, 2.45) is 0 Å². The molecule has 0 radical (unpaired) electrons. The maximum Gasteiger partial charge on any atom is 0.244 e. The van der Waals surface area contributed by atoms with Gasteiger partial charge in [0.1, 0.15) is 0 Å². The summed E-state index contributed by atoms with van der Waals surface area (Å²) in [6.07, 6.45) is 1.37. The first-order valence-electron chi connectivity index (χ1n) is 6.95. The number of benzene rings is 2. The minimum atomic E-state index is -0.392. The molecule has 4 nitrogen and oxygen atoms in total. The van der Waals surface area contributed by atoms with Gasteiger partial charge in [-0.2, -0.15) is 0 Å². The summed E-state index contributed by atoms with van der Waals surface area (Å²) in [4.78, 5) is 24.5. The smallest absolute Gasteiger partial charge is 0.244 e. The van der Waals surface area contributed by atoms with Gasteiger partial charge >= 0.3 is 0 Å². The number of carbonyl (C=O) groups is 2. The number of anilines is 1. The van der Waals surface area contributed by atoms with Crippen molar-refractivity contribution >= 4 is 52.5 Å². The Hall–Kier alpha value is -1.95. The molecule has 2 amide bonds. The molecule has 2 rings (SSSR count). The van der Waals surface area contributed by atoms with E-state index in [1.165, 1.54) is 17.8 Å². The summed E-state index contributed by atoms with van der Waals surface area (Å²) >= 11 is 13.2. The Morgan fingerprint density at radius 3 is 2.58 bits per heavy atom. The molecule has 0 spiro atoms. The Morgan fingerprint density at radius 2 is 1.83 bits per heavy atom. The van der Waals surface area contributed by atoms with Crippen molar-refractivity contribution in [3.63, 3.8) is 0 Å². The van der Waals surface area contributed by atoms with Crippen LogP contribution in [0.5, 0.6) is 0 Å². The second kappa shape index (κ2) is 9.37. The number of nitrogens with one attached hydrogen (secondary N) is 2. The molecule has 0 fully saturated rings. The van der Waals surface area contributed by atoms with Crippen LogP contribution >= 0.6 is 35.0 Å². The molecule has 0 aliphatic carbocycles. The van der Waals surface area contributed by atoms with Crippen LogP contribution in [0.2, 0.25) is 10.0 Å². The molecule has 0 heterocycles. The van der Waals surface area contributed by atoms with Crippen molar-refractivity contribution in [3.8, 4) is 0 Å². The zero-order chi connectivity index (χ0) is 17.4. The molecule has 0 unspecified atom stereocenters. The van der Waals surface area contributed by atoms with Gasteiger partial charge in [-0.05, 0) is 35.7 Å². The number of hydrogen-bond acceptors (Lipinski definition) is 3. The normalized spacial score (nSPS) is 10.6. The summed E-state index contributed by atoms with van der Waals surface area (Å²) in [5.41, 5.74) is 0.401. The van der Waals surface area contributed by atoms with Crippen LogP contribution in [0, 0.1) is 0 Å². The van der Waals surface area contributed by atoms with Gasteiger partial charge in [-0.25, -0.2) is 0 Å². The number of halogens is 2. The molecule has 124 valence electrons. The van der Waals surface area contributed by atoms with Crippen LogP contribution in [0.1, 0.15) is 0 Å². The van der Waals surface area contributed by atoms with E-state index in [2.05, 4.69) is 10.6 Å². The quantitative estimate of drug-likeness (QED) is 0.578. The average molecular weight is 381 g/mol. The van der Waals surface area contributed by atoms with Crippen LogP contribution in [-0.2, 0) is 9.59 Å². The lowest BCUT2D eigenvalue weighted by molar-refractivity contribution is -0.121. The van der Waals surface area contributed by atoms with E-state index in [4.69, 9.17) is 23.2 Å². The van der Waals surface area contributed by atoms with E-state index in [1.807, 2.05) is 30.3 Å². The third-order valence-corrected chi connectivity index (χ3v) is 4.17. The maximum absolute atomic E-state index is 11.8. The second-order valence-corrected chi connectivity index (χ2v) is 6.45. The predicted octanol–water partition coefficient (Wildman–Crippen LogP) is 4.35. The second-order valence-electron chi connectivity index (χ2n) is 4.62. The molecule has 7 heteroatoms. The van der Waals surface area contributed by atoms with E-state index in [0.717, 1.165) is 4.90 Å². The van der Waals surface area contributed by atoms with E-state index in [1.54, 1.807) is 23.6 Å². The monoisotopic (exact) mass is 380 g/mol. The Kier molecular flexibility index (Phi) is 7.18. The summed E-state index contributed by atoms with van der Waals surface area (Å²) in [5, 5.41) is 7.58. The fraction of sp³-hybridized carbons (Fsp3) is 0.0588. The predicted molar refractivity (Wildman–Crippen MR) is 99.5 cm³/mol. The third-order valence-electron chi connectivity index (χ3n) is 2.79. The highest BCUT2D eigenvalue weighted by atomic mass is 35.5. The molecule has 2 N–H and O–H groups in total. The molecule has 0 bridgehead atoms. The van der Waals surface area contributed by atoms with E-state index in [9.17, 15) is 9.59 Å². The minimum Gasteiger partial charge on any atom is -0.343 e. The Labute approximate surface area is 154 Å². The molecular weight excluding hydrogens is 367 g/mol. The minimum absolute atomic E-state index is 0.165. The first-order chi connectivity index (χ1) is 11.5. The molecule has 0 aliphatic rings. The molecular formula is C17H14Cl2N2O2S. The lowest BCUT2D eigenvalue weighted by atomic mass is 10.3. The first-order valence-corrected chi connectivity index (χ1v) is 8.59. The summed E-state index contributed by atoms with van der Waals surface area (Å²) in [6, 6.07) is 14.4. The summed E-state index contributed by atoms with van der Waals surface area (Å²) in [5.74, 6) is -0.748. The van der Waals surface area contributed by atoms with E-state index in [0.29, 0.717) is 15.7 Å². The standard InChI is InChI=1S/C17H14Cl2N2O2S/c18-12-6-7-14(19)15(10-12)21-17(23)11-20-16(22)8-9-24-13-4-2-1-3-5-13/h1-10H,11H2,(H,20,22)(H,21,23)/b9-8+. The average Bonchev–Trinajstić information content (AvgIpc) is 2.57. The van der Waals surface area contributed by atoms with Gasteiger partial charge in [-0.3, -0.25) is 9.59 Å². The van der Waals surface area contributed by atoms with E-state index in [-0.39, 0.29) is 12.5 Å². The van der Waals surface area contributed by atoms with Gasteiger partial charge in [0, 0.05) is 16.0 Å². The van der Waals surface area contributed by atoms with Crippen LogP contribution in [0.3, 0.4) is 0 Å². The van der Waals surface area contributed by atoms with Crippen LogP contribution in [-0.4, -0.2) is 18.4 Å². The summed E-state index contributed by atoms with van der Waals surface area (Å²) in [6.45, 7) is -0.165. The highest BCUT2D eigenvalue weighted by molar-refractivity contribution is 8.02. The van der Waals surface area contributed by atoms with Gasteiger partial charge in [0.2, 0.25) is 11.8 Å². The van der Waals surface area contributed by atoms with Gasteiger partial charge < -0.3 is 10.6 Å². The van der Waals surface area contributed by atoms with E-state index >= 15 is 0 Å².